The maximum atomic E-state index is 2.44. The maximum Gasteiger partial charge on any atom is 0.00367 e. The third-order valence-electron chi connectivity index (χ3n) is 4.88. The van der Waals surface area contributed by atoms with Crippen LogP contribution in [-0.4, -0.2) is 14.3 Å². The van der Waals surface area contributed by atoms with Gasteiger partial charge in [0.25, 0.3) is 0 Å². The Morgan fingerprint density at radius 2 is 1.65 bits per heavy atom. The highest BCUT2D eigenvalue weighted by atomic mass is 28.2. The van der Waals surface area contributed by atoms with Crippen LogP contribution in [0.4, 0.5) is 0 Å². The van der Waals surface area contributed by atoms with Crippen LogP contribution in [-0.2, 0) is 6.42 Å². The summed E-state index contributed by atoms with van der Waals surface area (Å²) in [6.07, 6.45) is 8.38. The van der Waals surface area contributed by atoms with E-state index in [0.29, 0.717) is 9.13 Å². The van der Waals surface area contributed by atoms with E-state index in [0.717, 1.165) is 6.42 Å². The second kappa shape index (κ2) is 6.25. The number of hydrogen-bond acceptors (Lipinski definition) is 0. The quantitative estimate of drug-likeness (QED) is 0.704. The molecule has 0 aromatic heterocycles. The van der Waals surface area contributed by atoms with Gasteiger partial charge in [-0.2, -0.15) is 0 Å². The highest BCUT2D eigenvalue weighted by molar-refractivity contribution is 6.63. The molecule has 2 aliphatic rings. The van der Waals surface area contributed by atoms with Gasteiger partial charge in [0.05, 0.1) is 0 Å². The maximum absolute atomic E-state index is 2.44. The van der Waals surface area contributed by atoms with Crippen LogP contribution in [0.25, 0.3) is 12.2 Å². The van der Waals surface area contributed by atoms with E-state index in [9.17, 15) is 0 Å². The van der Waals surface area contributed by atoms with Crippen LogP contribution >= 0.6 is 0 Å². The Balaban J connectivity index is 1.51. The molecule has 2 aromatic carbocycles. The molecule has 23 heavy (non-hydrogen) atoms. The van der Waals surface area contributed by atoms with Crippen molar-refractivity contribution < 1.29 is 0 Å². The van der Waals surface area contributed by atoms with Crippen molar-refractivity contribution in [2.75, 3.05) is 0 Å². The van der Waals surface area contributed by atoms with E-state index in [1.54, 1.807) is 16.3 Å². The van der Waals surface area contributed by atoms with E-state index in [-0.39, 0.29) is 0 Å². The summed E-state index contributed by atoms with van der Waals surface area (Å²) in [4.78, 5) is 0. The predicted octanol–water partition coefficient (Wildman–Crippen LogP) is 4.90. The number of rotatable bonds is 4. The fraction of sp³-hybridized carbons (Fsp3) is 0.227. The zero-order valence-corrected chi connectivity index (χ0v) is 14.8. The van der Waals surface area contributed by atoms with Crippen molar-refractivity contribution in [2.45, 2.75) is 32.2 Å². The monoisotopic (exact) mass is 314 g/mol. The number of allylic oxidation sites excluding steroid dienone is 2. The Morgan fingerprint density at radius 1 is 0.870 bits per heavy atom. The summed E-state index contributed by atoms with van der Waals surface area (Å²) >= 11 is 0. The highest BCUT2D eigenvalue weighted by Crippen LogP contribution is 2.32. The van der Waals surface area contributed by atoms with Gasteiger partial charge in [-0.25, -0.2) is 0 Å². The van der Waals surface area contributed by atoms with Gasteiger partial charge in [0.1, 0.15) is 0 Å². The molecule has 0 bridgehead atoms. The lowest BCUT2D eigenvalue weighted by Crippen LogP contribution is -2.06. The largest absolute Gasteiger partial charge is 0.0651 e. The van der Waals surface area contributed by atoms with Crippen LogP contribution in [0, 0.1) is 0 Å². The Morgan fingerprint density at radius 3 is 2.48 bits per heavy atom. The summed E-state index contributed by atoms with van der Waals surface area (Å²) in [6, 6.07) is 19.0. The van der Waals surface area contributed by atoms with Crippen LogP contribution < -0.4 is 0 Å². The van der Waals surface area contributed by atoms with Gasteiger partial charge in [-0.05, 0) is 58.3 Å². The van der Waals surface area contributed by atoms with Crippen molar-refractivity contribution in [3.63, 3.8) is 0 Å². The van der Waals surface area contributed by atoms with Gasteiger partial charge in [-0.1, -0.05) is 73.2 Å². The molecule has 0 nitrogen and oxygen atoms in total. The topological polar surface area (TPSA) is 0 Å². The summed E-state index contributed by atoms with van der Waals surface area (Å²) in [6.45, 7) is 2.32. The second-order valence-corrected chi connectivity index (χ2v) is 8.26. The van der Waals surface area contributed by atoms with Crippen LogP contribution in [0.15, 0.2) is 59.7 Å². The van der Waals surface area contributed by atoms with E-state index in [4.69, 9.17) is 0 Å². The molecule has 0 fully saturated rings. The zero-order chi connectivity index (χ0) is 15.6. The Kier molecular flexibility index (Phi) is 3.96. The highest BCUT2D eigenvalue weighted by Gasteiger charge is 2.18. The third kappa shape index (κ3) is 2.81. The van der Waals surface area contributed by atoms with E-state index in [2.05, 4.69) is 67.6 Å². The summed E-state index contributed by atoms with van der Waals surface area (Å²) in [5.74, 6) is 0. The van der Waals surface area contributed by atoms with Gasteiger partial charge in [-0.3, -0.25) is 0 Å². The smallest absolute Gasteiger partial charge is 0.00367 e. The normalized spacial score (nSPS) is 17.0. The van der Waals surface area contributed by atoms with Crippen LogP contribution in [0.1, 0.15) is 42.0 Å². The molecule has 4 rings (SSSR count). The molecular formula is C22H22Si. The molecule has 0 saturated carbocycles. The van der Waals surface area contributed by atoms with Gasteiger partial charge < -0.3 is 0 Å². The molecule has 0 unspecified atom stereocenters. The first-order valence-electron chi connectivity index (χ1n) is 8.63. The molecule has 0 atom stereocenters. The average molecular weight is 315 g/mol. The SMILES string of the molecule is CC[SiH]=C1C(CCC2=Cc3ccccc3C2)=Cc2ccccc21. The van der Waals surface area contributed by atoms with Crippen molar-refractivity contribution >= 4 is 26.5 Å². The van der Waals surface area contributed by atoms with E-state index >= 15 is 0 Å². The molecule has 0 heterocycles. The van der Waals surface area contributed by atoms with E-state index in [1.165, 1.54) is 41.1 Å². The molecule has 2 aliphatic carbocycles. The molecule has 2 aromatic rings. The van der Waals surface area contributed by atoms with Gasteiger partial charge in [0, 0.05) is 9.13 Å². The standard InChI is InChI=1S/C22H22Si/c1-2-23-22-20(15-19-9-5-6-10-21(19)22)12-11-16-13-17-7-3-4-8-18(17)14-16/h3-10,13,15,23H,2,11-12,14H2,1H3. The van der Waals surface area contributed by atoms with Crippen LogP contribution in [0.5, 0.6) is 0 Å². The molecule has 0 amide bonds. The van der Waals surface area contributed by atoms with Crippen molar-refractivity contribution in [1.82, 2.24) is 0 Å². The summed E-state index contributed by atoms with van der Waals surface area (Å²) in [5.41, 5.74) is 9.04. The van der Waals surface area contributed by atoms with Crippen molar-refractivity contribution in [3.8, 4) is 0 Å². The molecular weight excluding hydrogens is 292 g/mol. The van der Waals surface area contributed by atoms with Gasteiger partial charge in [0.2, 0.25) is 0 Å². The van der Waals surface area contributed by atoms with Crippen molar-refractivity contribution in [3.05, 3.63) is 81.9 Å². The van der Waals surface area contributed by atoms with E-state index in [1.807, 2.05) is 0 Å². The predicted molar refractivity (Wildman–Crippen MR) is 104 cm³/mol. The second-order valence-electron chi connectivity index (χ2n) is 6.46. The first kappa shape index (κ1) is 14.6. The van der Waals surface area contributed by atoms with Gasteiger partial charge in [-0.15, -0.1) is 0 Å². The minimum atomic E-state index is 0.405. The third-order valence-corrected chi connectivity index (χ3v) is 6.38. The molecule has 0 N–H and O–H groups in total. The number of hydrogen-bond donors (Lipinski definition) is 0. The first-order valence-corrected chi connectivity index (χ1v) is 10.0. The summed E-state index contributed by atoms with van der Waals surface area (Å²) in [5, 5.41) is 1.67. The lowest BCUT2D eigenvalue weighted by molar-refractivity contribution is 0.936. The lowest BCUT2D eigenvalue weighted by atomic mass is 10.0. The molecule has 0 radical (unpaired) electrons. The molecule has 1 heteroatoms. The zero-order valence-electron chi connectivity index (χ0n) is 13.7. The Hall–Kier alpha value is -1.99. The summed E-state index contributed by atoms with van der Waals surface area (Å²) < 4.78 is 0. The Bertz CT molecular complexity index is 837. The number of benzene rings is 2. The van der Waals surface area contributed by atoms with Crippen LogP contribution in [0.3, 0.4) is 0 Å². The minimum absolute atomic E-state index is 0.405. The molecule has 0 aliphatic heterocycles. The lowest BCUT2D eigenvalue weighted by Gasteiger charge is -2.08. The molecule has 114 valence electrons. The fourth-order valence-electron chi connectivity index (χ4n) is 3.77. The first-order chi connectivity index (χ1) is 11.3. The van der Waals surface area contributed by atoms with Gasteiger partial charge >= 0.3 is 0 Å². The van der Waals surface area contributed by atoms with Gasteiger partial charge in [0.15, 0.2) is 0 Å². The minimum Gasteiger partial charge on any atom is -0.0651 e. The Labute approximate surface area is 141 Å². The van der Waals surface area contributed by atoms with Crippen LogP contribution in [0.2, 0.25) is 6.04 Å². The fourth-order valence-corrected chi connectivity index (χ4v) is 5.15. The molecule has 0 saturated heterocycles. The number of fused-ring (bicyclic) bond motifs is 2. The average Bonchev–Trinajstić information content (AvgIpc) is 3.14. The molecule has 0 spiro atoms. The van der Waals surface area contributed by atoms with Crippen molar-refractivity contribution in [2.24, 2.45) is 0 Å². The van der Waals surface area contributed by atoms with Crippen molar-refractivity contribution in [1.29, 1.82) is 0 Å². The van der Waals surface area contributed by atoms with E-state index < -0.39 is 0 Å². The summed E-state index contributed by atoms with van der Waals surface area (Å²) in [7, 11) is 0.405.